The molecule has 1 N–H and O–H groups in total. The third-order valence-electron chi connectivity index (χ3n) is 8.81. The minimum Gasteiger partial charge on any atom is -0.454 e. The van der Waals surface area contributed by atoms with Gasteiger partial charge < -0.3 is 24.2 Å². The van der Waals surface area contributed by atoms with Crippen LogP contribution < -0.4 is 10.2 Å². The smallest absolute Gasteiger partial charge is 0.333 e. The van der Waals surface area contributed by atoms with E-state index in [-0.39, 0.29) is 17.9 Å². The Labute approximate surface area is 236 Å². The highest BCUT2D eigenvalue weighted by atomic mass is 16.5. The Balaban J connectivity index is 1.12. The molecule has 7 rings (SSSR count). The van der Waals surface area contributed by atoms with Crippen molar-refractivity contribution in [3.05, 3.63) is 96.1 Å². The van der Waals surface area contributed by atoms with Crippen LogP contribution in [0.2, 0.25) is 0 Å². The lowest BCUT2D eigenvalue weighted by atomic mass is 9.82. The highest BCUT2D eigenvalue weighted by Crippen LogP contribution is 2.37. The molecule has 7 nitrogen and oxygen atoms in total. The lowest BCUT2D eigenvalue weighted by Gasteiger charge is -2.51. The van der Waals surface area contributed by atoms with Crippen molar-refractivity contribution < 1.29 is 23.5 Å². The van der Waals surface area contributed by atoms with Crippen molar-refractivity contribution in [2.45, 2.75) is 25.0 Å². The Kier molecular flexibility index (Phi) is 7.84. The summed E-state index contributed by atoms with van der Waals surface area (Å²) in [5.74, 6) is 0.240. The van der Waals surface area contributed by atoms with E-state index in [1.807, 2.05) is 72.8 Å². The number of benzene rings is 3. The van der Waals surface area contributed by atoms with Crippen molar-refractivity contribution >= 4 is 23.1 Å². The SMILES string of the molecule is O=C(C[N+]12CCC(CC1)C(OC(=O)C(Nc1ccccc1)c1ccccc1)C2)c1ccc(N2CCOCC2)cc1. The second-order valence-electron chi connectivity index (χ2n) is 11.4. The third kappa shape index (κ3) is 5.91. The van der Waals surface area contributed by atoms with Gasteiger partial charge in [-0.05, 0) is 42.0 Å². The maximum atomic E-state index is 13.6. The van der Waals surface area contributed by atoms with Crippen LogP contribution in [0.1, 0.15) is 34.8 Å². The van der Waals surface area contributed by atoms with E-state index in [4.69, 9.17) is 9.47 Å². The number of ether oxygens (including phenoxy) is 2. The van der Waals surface area contributed by atoms with Crippen molar-refractivity contribution in [3.8, 4) is 0 Å². The van der Waals surface area contributed by atoms with Gasteiger partial charge in [-0.1, -0.05) is 48.5 Å². The molecular formula is C33H38N3O4+. The first-order chi connectivity index (χ1) is 19.6. The van der Waals surface area contributed by atoms with Gasteiger partial charge in [0.05, 0.1) is 26.3 Å². The number of carbonyl (C=O) groups excluding carboxylic acids is 2. The van der Waals surface area contributed by atoms with Crippen LogP contribution in [-0.2, 0) is 14.3 Å². The minimum atomic E-state index is -0.598. The number of ketones is 1. The van der Waals surface area contributed by atoms with Gasteiger partial charge in [0, 0.05) is 48.8 Å². The number of carbonyl (C=O) groups is 2. The number of rotatable bonds is 9. The normalized spacial score (nSPS) is 24.8. The topological polar surface area (TPSA) is 67.9 Å². The van der Waals surface area contributed by atoms with E-state index in [1.165, 1.54) is 0 Å². The standard InChI is InChI=1S/C33H38N3O4/c37-30(25-11-13-29(14-12-25)35-17-21-39-22-18-35)23-36-19-15-26(16-20-36)31(24-36)40-33(38)32(27-7-3-1-4-8-27)34-28-9-5-2-6-10-28/h1-14,26,31-32,34H,15-24H2/q+1. The van der Waals surface area contributed by atoms with Crippen molar-refractivity contribution in [2.24, 2.45) is 5.92 Å². The van der Waals surface area contributed by atoms with E-state index in [2.05, 4.69) is 22.3 Å². The molecule has 2 atom stereocenters. The second kappa shape index (κ2) is 11.8. The van der Waals surface area contributed by atoms with Gasteiger partial charge in [-0.2, -0.15) is 0 Å². The molecule has 0 amide bonds. The van der Waals surface area contributed by atoms with E-state index >= 15 is 0 Å². The Morgan fingerprint density at radius 1 is 0.900 bits per heavy atom. The number of fused-ring (bicyclic) bond motifs is 3. The quantitative estimate of drug-likeness (QED) is 0.241. The number of nitrogens with zero attached hydrogens (tertiary/aromatic N) is 2. The fourth-order valence-corrected chi connectivity index (χ4v) is 6.49. The number of Topliss-reactive ketones (excluding diaryl/α,β-unsaturated/α-hetero) is 1. The lowest BCUT2D eigenvalue weighted by molar-refractivity contribution is -0.938. The summed E-state index contributed by atoms with van der Waals surface area (Å²) >= 11 is 0. The number of hydrogen-bond acceptors (Lipinski definition) is 6. The van der Waals surface area contributed by atoms with Crippen molar-refractivity contribution in [2.75, 3.05) is 62.7 Å². The molecule has 40 heavy (non-hydrogen) atoms. The van der Waals surface area contributed by atoms with E-state index in [0.29, 0.717) is 23.5 Å². The molecule has 0 aromatic heterocycles. The first kappa shape index (κ1) is 26.5. The summed E-state index contributed by atoms with van der Waals surface area (Å²) in [6, 6.07) is 26.9. The molecule has 4 fully saturated rings. The molecule has 4 aliphatic rings. The minimum absolute atomic E-state index is 0.159. The number of morpholine rings is 1. The number of nitrogens with one attached hydrogen (secondary N) is 1. The molecule has 2 bridgehead atoms. The van der Waals surface area contributed by atoms with Crippen molar-refractivity contribution in [3.63, 3.8) is 0 Å². The summed E-state index contributed by atoms with van der Waals surface area (Å²) in [6.45, 7) is 6.29. The van der Waals surface area contributed by atoms with Crippen LogP contribution in [0, 0.1) is 5.92 Å². The van der Waals surface area contributed by atoms with Gasteiger partial charge in [0.25, 0.3) is 0 Å². The molecule has 0 spiro atoms. The maximum Gasteiger partial charge on any atom is 0.333 e. The molecule has 3 aromatic carbocycles. The molecule has 0 radical (unpaired) electrons. The highest BCUT2D eigenvalue weighted by Gasteiger charge is 2.49. The van der Waals surface area contributed by atoms with Crippen LogP contribution in [0.4, 0.5) is 11.4 Å². The van der Waals surface area contributed by atoms with Gasteiger partial charge in [0.2, 0.25) is 5.78 Å². The fraction of sp³-hybridized carbons (Fsp3) is 0.394. The number of piperidine rings is 3. The van der Waals surface area contributed by atoms with Crippen LogP contribution >= 0.6 is 0 Å². The number of anilines is 2. The zero-order valence-electron chi connectivity index (χ0n) is 22.9. The molecular weight excluding hydrogens is 502 g/mol. The van der Waals surface area contributed by atoms with Gasteiger partial charge in [-0.25, -0.2) is 4.79 Å². The Morgan fingerprint density at radius 3 is 2.23 bits per heavy atom. The van der Waals surface area contributed by atoms with Crippen molar-refractivity contribution in [1.29, 1.82) is 0 Å². The zero-order valence-corrected chi connectivity index (χ0v) is 22.9. The summed E-state index contributed by atoms with van der Waals surface area (Å²) in [6.07, 6.45) is 1.77. The Bertz CT molecular complexity index is 1280. The van der Waals surface area contributed by atoms with Crippen LogP contribution in [0.3, 0.4) is 0 Å². The number of para-hydroxylation sites is 1. The predicted molar refractivity (Wildman–Crippen MR) is 155 cm³/mol. The largest absolute Gasteiger partial charge is 0.454 e. The highest BCUT2D eigenvalue weighted by molar-refractivity contribution is 5.97. The molecule has 7 heteroatoms. The van der Waals surface area contributed by atoms with Gasteiger partial charge in [-0.15, -0.1) is 0 Å². The second-order valence-corrected chi connectivity index (χ2v) is 11.4. The lowest BCUT2D eigenvalue weighted by Crippen LogP contribution is -2.65. The van der Waals surface area contributed by atoms with Crippen molar-refractivity contribution in [1.82, 2.24) is 0 Å². The van der Waals surface area contributed by atoms with E-state index in [9.17, 15) is 9.59 Å². The van der Waals surface area contributed by atoms with Crippen LogP contribution in [-0.4, -0.2) is 74.8 Å². The number of hydrogen-bond donors (Lipinski definition) is 1. The Morgan fingerprint density at radius 2 is 1.55 bits per heavy atom. The van der Waals surface area contributed by atoms with Gasteiger partial charge >= 0.3 is 5.97 Å². The summed E-state index contributed by atoms with van der Waals surface area (Å²) in [4.78, 5) is 29.4. The monoisotopic (exact) mass is 540 g/mol. The third-order valence-corrected chi connectivity index (χ3v) is 8.81. The van der Waals surface area contributed by atoms with E-state index in [0.717, 1.165) is 74.7 Å². The van der Waals surface area contributed by atoms with Gasteiger partial charge in [0.1, 0.15) is 13.1 Å². The number of esters is 1. The molecule has 4 aliphatic heterocycles. The summed E-state index contributed by atoms with van der Waals surface area (Å²) < 4.78 is 12.4. The summed E-state index contributed by atoms with van der Waals surface area (Å²) in [5.41, 5.74) is 3.63. The molecule has 0 saturated carbocycles. The first-order valence-corrected chi connectivity index (χ1v) is 14.5. The molecule has 4 saturated heterocycles. The summed E-state index contributed by atoms with van der Waals surface area (Å²) in [5, 5.41) is 3.38. The first-order valence-electron chi connectivity index (χ1n) is 14.5. The fourth-order valence-electron chi connectivity index (χ4n) is 6.49. The molecule has 208 valence electrons. The van der Waals surface area contributed by atoms with Crippen LogP contribution in [0.25, 0.3) is 0 Å². The zero-order chi connectivity index (χ0) is 27.4. The summed E-state index contributed by atoms with van der Waals surface area (Å²) in [7, 11) is 0. The van der Waals surface area contributed by atoms with Crippen LogP contribution in [0.15, 0.2) is 84.9 Å². The van der Waals surface area contributed by atoms with Crippen LogP contribution in [0.5, 0.6) is 0 Å². The van der Waals surface area contributed by atoms with Gasteiger partial charge in [-0.3, -0.25) is 4.79 Å². The molecule has 3 aromatic rings. The average molecular weight is 541 g/mol. The van der Waals surface area contributed by atoms with Gasteiger partial charge in [0.15, 0.2) is 12.1 Å². The van der Waals surface area contributed by atoms with E-state index in [1.54, 1.807) is 0 Å². The predicted octanol–water partition coefficient (Wildman–Crippen LogP) is 4.71. The Hall–Kier alpha value is -3.68. The number of quaternary nitrogens is 1. The molecule has 4 heterocycles. The van der Waals surface area contributed by atoms with E-state index < -0.39 is 6.04 Å². The molecule has 2 unspecified atom stereocenters. The molecule has 0 aliphatic carbocycles. The maximum absolute atomic E-state index is 13.6. The average Bonchev–Trinajstić information content (AvgIpc) is 3.01.